The number of nitrogens with zero attached hydrogens (tertiary/aromatic N) is 2. The predicted octanol–water partition coefficient (Wildman–Crippen LogP) is 4.62. The summed E-state index contributed by atoms with van der Waals surface area (Å²) in [6.07, 6.45) is 1.94. The lowest BCUT2D eigenvalue weighted by Gasteiger charge is -2.16. The van der Waals surface area contributed by atoms with Gasteiger partial charge in [0.05, 0.1) is 17.8 Å². The number of allylic oxidation sites excluding steroid dienone is 1. The van der Waals surface area contributed by atoms with Crippen LogP contribution in [0.25, 0.3) is 11.1 Å². The number of aromatic nitrogens is 1. The molecule has 5 heteroatoms. The summed E-state index contributed by atoms with van der Waals surface area (Å²) >= 11 is 0. The Morgan fingerprint density at radius 1 is 1.20 bits per heavy atom. The van der Waals surface area contributed by atoms with Gasteiger partial charge in [-0.25, -0.2) is 4.79 Å². The zero-order valence-corrected chi connectivity index (χ0v) is 15.2. The molecule has 126 valence electrons. The Kier molecular flexibility index (Phi) is 4.14. The maximum absolute atomic E-state index is 12.2. The molecule has 0 fully saturated rings. The highest BCUT2D eigenvalue weighted by molar-refractivity contribution is 7.42. The van der Waals surface area contributed by atoms with Gasteiger partial charge in [-0.1, -0.05) is 44.7 Å². The number of aliphatic imine (C=N–C) groups is 1. The molecule has 4 nitrogen and oxygen atoms in total. The highest BCUT2D eigenvalue weighted by Crippen LogP contribution is 2.40. The molecule has 2 unspecified atom stereocenters. The van der Waals surface area contributed by atoms with E-state index >= 15 is 0 Å². The normalized spacial score (nSPS) is 18.0. The maximum Gasteiger partial charge on any atom is 0.420 e. The molecule has 0 aliphatic carbocycles. The van der Waals surface area contributed by atoms with E-state index < -0.39 is 0 Å². The van der Waals surface area contributed by atoms with Crippen molar-refractivity contribution in [3.63, 3.8) is 0 Å². The lowest BCUT2D eigenvalue weighted by Crippen LogP contribution is -2.15. The Balaban J connectivity index is 1.67. The summed E-state index contributed by atoms with van der Waals surface area (Å²) in [6.45, 7) is 4.58. The number of fused-ring (bicyclic) bond motifs is 1. The minimum Gasteiger partial charge on any atom is -0.408 e. The van der Waals surface area contributed by atoms with Crippen molar-refractivity contribution in [1.29, 1.82) is 0 Å². The molecule has 0 radical (unpaired) electrons. The van der Waals surface area contributed by atoms with Crippen molar-refractivity contribution < 1.29 is 4.42 Å². The third-order valence-electron chi connectivity index (χ3n) is 4.33. The van der Waals surface area contributed by atoms with Gasteiger partial charge in [0.1, 0.15) is 0 Å². The molecule has 0 saturated heterocycles. The van der Waals surface area contributed by atoms with Crippen molar-refractivity contribution in [2.24, 2.45) is 4.99 Å². The first-order valence-corrected chi connectivity index (χ1v) is 9.40. The number of oxazole rings is 1. The average Bonchev–Trinajstić information content (AvgIpc) is 2.91. The fourth-order valence-electron chi connectivity index (χ4n) is 3.03. The smallest absolute Gasteiger partial charge is 0.408 e. The van der Waals surface area contributed by atoms with E-state index in [0.717, 1.165) is 16.6 Å². The van der Waals surface area contributed by atoms with Crippen molar-refractivity contribution >= 4 is 25.9 Å². The second-order valence-electron chi connectivity index (χ2n) is 6.41. The number of aryl methyl sites for hydroxylation is 1. The molecular formula is C20H19N2O2P. The summed E-state index contributed by atoms with van der Waals surface area (Å²) in [5, 5.41) is 0. The Hall–Kier alpha value is -2.45. The van der Waals surface area contributed by atoms with Gasteiger partial charge in [-0.2, -0.15) is 0 Å². The zero-order valence-electron chi connectivity index (χ0n) is 14.2. The molecule has 1 aliphatic heterocycles. The SMILES string of the molecule is CC1=CPC(c2cccc(Cn3c(=O)oc4ccc(C)cc43)c2)N=C1. The van der Waals surface area contributed by atoms with Crippen molar-refractivity contribution in [3.05, 3.63) is 81.1 Å². The van der Waals surface area contributed by atoms with E-state index in [9.17, 15) is 4.79 Å². The first-order valence-electron chi connectivity index (χ1n) is 8.25. The van der Waals surface area contributed by atoms with Gasteiger partial charge >= 0.3 is 5.76 Å². The van der Waals surface area contributed by atoms with Crippen LogP contribution in [0.2, 0.25) is 0 Å². The summed E-state index contributed by atoms with van der Waals surface area (Å²) in [6, 6.07) is 14.1. The van der Waals surface area contributed by atoms with E-state index in [0.29, 0.717) is 20.7 Å². The second-order valence-corrected chi connectivity index (χ2v) is 7.57. The van der Waals surface area contributed by atoms with E-state index in [2.05, 4.69) is 29.9 Å². The lowest BCUT2D eigenvalue weighted by atomic mass is 10.1. The minimum atomic E-state index is -0.317. The van der Waals surface area contributed by atoms with Crippen LogP contribution in [0.1, 0.15) is 29.4 Å². The van der Waals surface area contributed by atoms with Crippen LogP contribution in [0.3, 0.4) is 0 Å². The summed E-state index contributed by atoms with van der Waals surface area (Å²) in [7, 11) is 0.654. The van der Waals surface area contributed by atoms with Crippen LogP contribution in [0.15, 0.2) is 68.1 Å². The zero-order chi connectivity index (χ0) is 17.4. The van der Waals surface area contributed by atoms with Gasteiger partial charge < -0.3 is 4.42 Å². The molecule has 2 atom stereocenters. The average molecular weight is 350 g/mol. The van der Waals surface area contributed by atoms with Gasteiger partial charge in [-0.3, -0.25) is 9.56 Å². The number of rotatable bonds is 3. The molecule has 0 bridgehead atoms. The van der Waals surface area contributed by atoms with E-state index in [4.69, 9.17) is 4.42 Å². The van der Waals surface area contributed by atoms with Crippen LogP contribution in [0.5, 0.6) is 0 Å². The van der Waals surface area contributed by atoms with Crippen LogP contribution in [0.4, 0.5) is 0 Å². The van der Waals surface area contributed by atoms with E-state index in [-0.39, 0.29) is 11.5 Å². The van der Waals surface area contributed by atoms with Gasteiger partial charge in [-0.05, 0) is 48.2 Å². The maximum atomic E-state index is 12.2. The largest absolute Gasteiger partial charge is 0.420 e. The van der Waals surface area contributed by atoms with E-state index in [1.807, 2.05) is 43.5 Å². The van der Waals surface area contributed by atoms with Crippen LogP contribution >= 0.6 is 8.58 Å². The summed E-state index contributed by atoms with van der Waals surface area (Å²) in [5.74, 6) is 2.10. The third-order valence-corrected chi connectivity index (χ3v) is 5.75. The molecule has 4 rings (SSSR count). The first kappa shape index (κ1) is 16.0. The Morgan fingerprint density at radius 2 is 2.08 bits per heavy atom. The van der Waals surface area contributed by atoms with Crippen LogP contribution in [0, 0.1) is 6.92 Å². The van der Waals surface area contributed by atoms with Crippen LogP contribution in [-0.2, 0) is 6.54 Å². The fourth-order valence-corrected chi connectivity index (χ4v) is 4.06. The Morgan fingerprint density at radius 3 is 2.88 bits per heavy atom. The van der Waals surface area contributed by atoms with Crippen molar-refractivity contribution in [2.45, 2.75) is 26.2 Å². The summed E-state index contributed by atoms with van der Waals surface area (Å²) in [4.78, 5) is 16.9. The standard InChI is InChI=1S/C20H19N2O2P/c1-13-6-7-18-17(8-13)22(20(23)24-18)11-15-4-3-5-16(9-15)19-21-10-14(2)12-25-19/h3-10,12,19,25H,11H2,1-2H3. The molecule has 1 aromatic heterocycles. The lowest BCUT2D eigenvalue weighted by molar-refractivity contribution is 0.517. The molecule has 2 heterocycles. The van der Waals surface area contributed by atoms with Gasteiger partial charge in [-0.15, -0.1) is 0 Å². The minimum absolute atomic E-state index is 0.184. The first-order chi connectivity index (χ1) is 12.1. The van der Waals surface area contributed by atoms with Crippen LogP contribution < -0.4 is 5.76 Å². The molecular weight excluding hydrogens is 331 g/mol. The monoisotopic (exact) mass is 350 g/mol. The summed E-state index contributed by atoms with van der Waals surface area (Å²) < 4.78 is 7.05. The molecule has 2 aromatic carbocycles. The van der Waals surface area contributed by atoms with E-state index in [1.54, 1.807) is 4.57 Å². The predicted molar refractivity (Wildman–Crippen MR) is 104 cm³/mol. The number of hydrogen-bond donors (Lipinski definition) is 0. The molecule has 25 heavy (non-hydrogen) atoms. The number of hydrogen-bond acceptors (Lipinski definition) is 3. The third kappa shape index (κ3) is 3.22. The highest BCUT2D eigenvalue weighted by atomic mass is 31.1. The molecule has 3 aromatic rings. The summed E-state index contributed by atoms with van der Waals surface area (Å²) in [5.41, 5.74) is 6.06. The van der Waals surface area contributed by atoms with Gasteiger partial charge in [0.15, 0.2) is 5.58 Å². The molecule has 0 N–H and O–H groups in total. The fraction of sp³-hybridized carbons (Fsp3) is 0.200. The molecule has 1 aliphatic rings. The highest BCUT2D eigenvalue weighted by Gasteiger charge is 2.13. The molecule has 0 amide bonds. The van der Waals surface area contributed by atoms with Crippen molar-refractivity contribution in [1.82, 2.24) is 4.57 Å². The van der Waals surface area contributed by atoms with Crippen molar-refractivity contribution in [3.8, 4) is 0 Å². The Labute approximate surface area is 147 Å². The number of benzene rings is 2. The Bertz CT molecular complexity index is 1060. The quantitative estimate of drug-likeness (QED) is 0.647. The van der Waals surface area contributed by atoms with Gasteiger partial charge in [0, 0.05) is 6.21 Å². The van der Waals surface area contributed by atoms with E-state index in [1.165, 1.54) is 11.1 Å². The van der Waals surface area contributed by atoms with Crippen LogP contribution in [-0.4, -0.2) is 10.8 Å². The molecule has 0 spiro atoms. The van der Waals surface area contributed by atoms with Gasteiger partial charge in [0.25, 0.3) is 0 Å². The topological polar surface area (TPSA) is 47.5 Å². The molecule has 0 saturated carbocycles. The second kappa shape index (κ2) is 6.45. The van der Waals surface area contributed by atoms with Crippen molar-refractivity contribution in [2.75, 3.05) is 0 Å². The van der Waals surface area contributed by atoms with Gasteiger partial charge in [0.2, 0.25) is 0 Å².